The molecule has 0 saturated heterocycles. The number of hydrazine groups is 1. The summed E-state index contributed by atoms with van der Waals surface area (Å²) in [6.45, 7) is 6.00. The highest BCUT2D eigenvalue weighted by Gasteiger charge is 2.42. The van der Waals surface area contributed by atoms with E-state index in [1.165, 1.54) is 0 Å². The molecule has 0 unspecified atom stereocenters. The molecule has 0 spiro atoms. The van der Waals surface area contributed by atoms with Gasteiger partial charge in [0.1, 0.15) is 12.2 Å². The Morgan fingerprint density at radius 1 is 0.861 bits per heavy atom. The number of ether oxygens (including phenoxy) is 2. The smallest absolute Gasteiger partial charge is 0.429 e. The lowest BCUT2D eigenvalue weighted by molar-refractivity contribution is -0.0291. The zero-order chi connectivity index (χ0) is 26.1. The standard InChI is InChI=1S/C27H33N3O6/c1-27(2,3)36-26(34)29(30-23(31)21-15-9-10-16-22(21)24(30)32)18-12-5-4-11-17-28-25(33)35-19-20-13-7-6-8-14-20/h6-10,13-16H,4-5,11-12,17-19H2,1-3H3,(H,28,33). The SMILES string of the molecule is CC(C)(C)OC(=O)N(CCCCCCNC(=O)OCc1ccccc1)N1C(=O)c2ccccc2C1=O. The highest BCUT2D eigenvalue weighted by Crippen LogP contribution is 2.25. The molecule has 192 valence electrons. The van der Waals surface area contributed by atoms with E-state index in [4.69, 9.17) is 9.47 Å². The van der Waals surface area contributed by atoms with E-state index >= 15 is 0 Å². The number of imide groups is 1. The number of nitrogens with one attached hydrogen (secondary N) is 1. The lowest BCUT2D eigenvalue weighted by atomic mass is 10.1. The van der Waals surface area contributed by atoms with Crippen molar-refractivity contribution >= 4 is 24.0 Å². The van der Waals surface area contributed by atoms with Crippen molar-refractivity contribution in [2.24, 2.45) is 0 Å². The fraction of sp³-hybridized carbons (Fsp3) is 0.407. The van der Waals surface area contributed by atoms with E-state index in [0.29, 0.717) is 13.0 Å². The van der Waals surface area contributed by atoms with Gasteiger partial charge in [-0.2, -0.15) is 5.01 Å². The van der Waals surface area contributed by atoms with Crippen molar-refractivity contribution in [3.63, 3.8) is 0 Å². The number of fused-ring (bicyclic) bond motifs is 1. The third-order valence-corrected chi connectivity index (χ3v) is 5.40. The fourth-order valence-corrected chi connectivity index (χ4v) is 3.69. The summed E-state index contributed by atoms with van der Waals surface area (Å²) in [4.78, 5) is 50.5. The number of hydrogen-bond acceptors (Lipinski definition) is 6. The van der Waals surface area contributed by atoms with Crippen LogP contribution < -0.4 is 5.32 Å². The first-order valence-corrected chi connectivity index (χ1v) is 12.1. The number of alkyl carbamates (subject to hydrolysis) is 1. The zero-order valence-corrected chi connectivity index (χ0v) is 21.0. The predicted molar refractivity (Wildman–Crippen MR) is 133 cm³/mol. The second-order valence-corrected chi connectivity index (χ2v) is 9.47. The van der Waals surface area contributed by atoms with E-state index in [1.807, 2.05) is 30.3 Å². The maximum Gasteiger partial charge on any atom is 0.429 e. The normalized spacial score (nSPS) is 12.8. The Morgan fingerprint density at radius 2 is 1.44 bits per heavy atom. The highest BCUT2D eigenvalue weighted by molar-refractivity contribution is 6.21. The van der Waals surface area contributed by atoms with Crippen LogP contribution in [0, 0.1) is 0 Å². The molecule has 1 heterocycles. The van der Waals surface area contributed by atoms with Gasteiger partial charge in [-0.1, -0.05) is 55.3 Å². The van der Waals surface area contributed by atoms with Crippen molar-refractivity contribution in [3.8, 4) is 0 Å². The average Bonchev–Trinajstić information content (AvgIpc) is 3.09. The van der Waals surface area contributed by atoms with Gasteiger partial charge in [-0.05, 0) is 51.3 Å². The Balaban J connectivity index is 1.45. The number of hydrogen-bond donors (Lipinski definition) is 1. The summed E-state index contributed by atoms with van der Waals surface area (Å²) in [5.74, 6) is -1.08. The van der Waals surface area contributed by atoms with Crippen molar-refractivity contribution in [2.45, 2.75) is 58.7 Å². The minimum absolute atomic E-state index is 0.146. The van der Waals surface area contributed by atoms with Gasteiger partial charge in [0, 0.05) is 13.1 Å². The Labute approximate surface area is 211 Å². The molecule has 4 amide bonds. The van der Waals surface area contributed by atoms with Crippen molar-refractivity contribution < 1.29 is 28.7 Å². The molecule has 0 aliphatic carbocycles. The molecule has 3 rings (SSSR count). The van der Waals surface area contributed by atoms with Gasteiger partial charge in [-0.25, -0.2) is 14.6 Å². The topological polar surface area (TPSA) is 105 Å². The lowest BCUT2D eigenvalue weighted by Crippen LogP contribution is -2.51. The number of rotatable bonds is 10. The number of carbonyl (C=O) groups excluding carboxylic acids is 4. The Morgan fingerprint density at radius 3 is 2.06 bits per heavy atom. The number of nitrogens with zero attached hydrogens (tertiary/aromatic N) is 2. The maximum absolute atomic E-state index is 12.9. The molecule has 9 heteroatoms. The van der Waals surface area contributed by atoms with E-state index in [0.717, 1.165) is 34.8 Å². The van der Waals surface area contributed by atoms with Gasteiger partial charge in [0.15, 0.2) is 0 Å². The van der Waals surface area contributed by atoms with Crippen LogP contribution >= 0.6 is 0 Å². The molecule has 0 fully saturated rings. The highest BCUT2D eigenvalue weighted by atomic mass is 16.6. The molecule has 36 heavy (non-hydrogen) atoms. The average molecular weight is 496 g/mol. The Hall–Kier alpha value is -3.88. The maximum atomic E-state index is 12.9. The van der Waals surface area contributed by atoms with Gasteiger partial charge < -0.3 is 14.8 Å². The fourth-order valence-electron chi connectivity index (χ4n) is 3.69. The van der Waals surface area contributed by atoms with E-state index < -0.39 is 29.6 Å². The molecule has 0 radical (unpaired) electrons. The van der Waals surface area contributed by atoms with E-state index in [-0.39, 0.29) is 24.3 Å². The van der Waals surface area contributed by atoms with Crippen LogP contribution in [0.4, 0.5) is 9.59 Å². The van der Waals surface area contributed by atoms with Gasteiger partial charge >= 0.3 is 12.2 Å². The molecule has 1 aliphatic heterocycles. The van der Waals surface area contributed by atoms with E-state index in [9.17, 15) is 19.2 Å². The van der Waals surface area contributed by atoms with Crippen LogP contribution in [-0.2, 0) is 16.1 Å². The molecule has 1 N–H and O–H groups in total. The van der Waals surface area contributed by atoms with Crippen molar-refractivity contribution in [1.29, 1.82) is 0 Å². The molecule has 2 aromatic rings. The molecule has 2 aromatic carbocycles. The molecule has 9 nitrogen and oxygen atoms in total. The van der Waals surface area contributed by atoms with Crippen molar-refractivity contribution in [2.75, 3.05) is 13.1 Å². The first kappa shape index (κ1) is 26.7. The third-order valence-electron chi connectivity index (χ3n) is 5.40. The van der Waals surface area contributed by atoms with Gasteiger partial charge in [-0.3, -0.25) is 9.59 Å². The largest absolute Gasteiger partial charge is 0.445 e. The van der Waals surface area contributed by atoms with Crippen LogP contribution in [0.25, 0.3) is 0 Å². The minimum Gasteiger partial charge on any atom is -0.445 e. The van der Waals surface area contributed by atoms with Gasteiger partial charge in [-0.15, -0.1) is 0 Å². The first-order chi connectivity index (χ1) is 17.2. The van der Waals surface area contributed by atoms with Crippen LogP contribution in [0.1, 0.15) is 72.7 Å². The quantitative estimate of drug-likeness (QED) is 0.370. The van der Waals surface area contributed by atoms with Crippen LogP contribution in [0.3, 0.4) is 0 Å². The zero-order valence-electron chi connectivity index (χ0n) is 21.0. The van der Waals surface area contributed by atoms with Gasteiger partial charge in [0.2, 0.25) is 0 Å². The minimum atomic E-state index is -0.783. The van der Waals surface area contributed by atoms with Crippen molar-refractivity contribution in [3.05, 3.63) is 71.3 Å². The van der Waals surface area contributed by atoms with Crippen molar-refractivity contribution in [1.82, 2.24) is 15.3 Å². The number of amides is 4. The monoisotopic (exact) mass is 495 g/mol. The summed E-state index contributed by atoms with van der Waals surface area (Å²) >= 11 is 0. The van der Waals surface area contributed by atoms with Crippen LogP contribution in [0.5, 0.6) is 0 Å². The second-order valence-electron chi connectivity index (χ2n) is 9.47. The molecule has 0 saturated carbocycles. The predicted octanol–water partition coefficient (Wildman–Crippen LogP) is 4.92. The van der Waals surface area contributed by atoms with Gasteiger partial charge in [0.05, 0.1) is 11.1 Å². The summed E-state index contributed by atoms with van der Waals surface area (Å²) in [6, 6.07) is 15.9. The number of carbonyl (C=O) groups is 4. The summed E-state index contributed by atoms with van der Waals surface area (Å²) in [7, 11) is 0. The third kappa shape index (κ3) is 7.31. The van der Waals surface area contributed by atoms with Crippen LogP contribution in [0.15, 0.2) is 54.6 Å². The molecular weight excluding hydrogens is 462 g/mol. The molecule has 0 bridgehead atoms. The van der Waals surface area contributed by atoms with E-state index in [2.05, 4.69) is 5.32 Å². The number of unbranched alkanes of at least 4 members (excludes halogenated alkanes) is 3. The summed E-state index contributed by atoms with van der Waals surface area (Å²) in [5, 5.41) is 4.69. The summed E-state index contributed by atoms with van der Waals surface area (Å²) in [5.41, 5.74) is 0.664. The Bertz CT molecular complexity index is 1050. The molecule has 1 aliphatic rings. The summed E-state index contributed by atoms with van der Waals surface area (Å²) in [6.07, 6.45) is 1.55. The number of benzene rings is 2. The molecule has 0 aromatic heterocycles. The van der Waals surface area contributed by atoms with E-state index in [1.54, 1.807) is 45.0 Å². The first-order valence-electron chi connectivity index (χ1n) is 12.1. The van der Waals surface area contributed by atoms with Crippen LogP contribution in [0.2, 0.25) is 0 Å². The molecule has 0 atom stereocenters. The van der Waals surface area contributed by atoms with Gasteiger partial charge in [0.25, 0.3) is 11.8 Å². The Kier molecular flexibility index (Phi) is 9.05. The molecular formula is C27H33N3O6. The summed E-state index contributed by atoms with van der Waals surface area (Å²) < 4.78 is 10.6. The lowest BCUT2D eigenvalue weighted by Gasteiger charge is -2.32. The van der Waals surface area contributed by atoms with Crippen LogP contribution in [-0.4, -0.2) is 52.7 Å². The second kappa shape index (κ2) is 12.2.